The summed E-state index contributed by atoms with van der Waals surface area (Å²) in [5.41, 5.74) is 0.802. The second kappa shape index (κ2) is 7.12. The Balaban J connectivity index is 2.44. The second-order valence-corrected chi connectivity index (χ2v) is 5.86. The van der Waals surface area contributed by atoms with Crippen molar-refractivity contribution in [1.29, 1.82) is 0 Å². The van der Waals surface area contributed by atoms with E-state index in [1.807, 2.05) is 6.07 Å². The Kier molecular flexibility index (Phi) is 6.14. The van der Waals surface area contributed by atoms with Crippen LogP contribution >= 0.6 is 15.9 Å². The first-order valence-corrected chi connectivity index (χ1v) is 6.95. The molecule has 0 amide bonds. The molecule has 0 spiro atoms. The van der Waals surface area contributed by atoms with Crippen molar-refractivity contribution in [3.05, 3.63) is 34.1 Å². The molecule has 96 valence electrons. The number of hydrogen-bond donors (Lipinski definition) is 1. The van der Waals surface area contributed by atoms with Gasteiger partial charge in [0.25, 0.3) is 0 Å². The predicted octanol–water partition coefficient (Wildman–Crippen LogP) is 4.15. The fourth-order valence-electron chi connectivity index (χ4n) is 1.80. The third-order valence-electron chi connectivity index (χ3n) is 2.77. The monoisotopic (exact) mass is 301 g/mol. The number of benzene rings is 1. The molecule has 0 aromatic heterocycles. The molecule has 3 heteroatoms. The molecule has 0 saturated heterocycles. The second-order valence-electron chi connectivity index (χ2n) is 4.94. The Morgan fingerprint density at radius 2 is 2.00 bits per heavy atom. The minimum atomic E-state index is -0.100. The predicted molar refractivity (Wildman–Crippen MR) is 74.7 cm³/mol. The summed E-state index contributed by atoms with van der Waals surface area (Å²) in [4.78, 5) is 0. The van der Waals surface area contributed by atoms with Gasteiger partial charge in [0.2, 0.25) is 0 Å². The third kappa shape index (κ3) is 5.64. The summed E-state index contributed by atoms with van der Waals surface area (Å²) in [6, 6.07) is 5.66. The van der Waals surface area contributed by atoms with Gasteiger partial charge in [-0.25, -0.2) is 4.39 Å². The van der Waals surface area contributed by atoms with Crippen molar-refractivity contribution in [1.82, 2.24) is 5.32 Å². The van der Waals surface area contributed by atoms with Gasteiger partial charge in [0.05, 0.1) is 0 Å². The Bertz CT molecular complexity index is 352. The zero-order chi connectivity index (χ0) is 12.8. The van der Waals surface area contributed by atoms with E-state index in [9.17, 15) is 4.39 Å². The van der Waals surface area contributed by atoms with E-state index < -0.39 is 0 Å². The Labute approximate surface area is 112 Å². The fraction of sp³-hybridized carbons (Fsp3) is 0.571. The maximum absolute atomic E-state index is 13.5. The summed E-state index contributed by atoms with van der Waals surface area (Å²) in [7, 11) is 0. The van der Waals surface area contributed by atoms with E-state index in [1.165, 1.54) is 6.07 Å². The van der Waals surface area contributed by atoms with Crippen molar-refractivity contribution in [2.45, 2.75) is 39.7 Å². The molecule has 1 aromatic carbocycles. The maximum atomic E-state index is 13.5. The van der Waals surface area contributed by atoms with Crippen LogP contribution in [0.2, 0.25) is 0 Å². The Morgan fingerprint density at radius 1 is 1.29 bits per heavy atom. The molecule has 17 heavy (non-hydrogen) atoms. The molecule has 1 N–H and O–H groups in total. The van der Waals surface area contributed by atoms with E-state index in [4.69, 9.17) is 0 Å². The van der Waals surface area contributed by atoms with Crippen LogP contribution in [0.3, 0.4) is 0 Å². The molecule has 0 radical (unpaired) electrons. The summed E-state index contributed by atoms with van der Waals surface area (Å²) < 4.78 is 14.5. The van der Waals surface area contributed by atoms with Gasteiger partial charge in [0, 0.05) is 10.5 Å². The molecular weight excluding hydrogens is 281 g/mol. The summed E-state index contributed by atoms with van der Waals surface area (Å²) in [6.07, 6.45) is 1.87. The lowest BCUT2D eigenvalue weighted by molar-refractivity contribution is 0.468. The highest BCUT2D eigenvalue weighted by Crippen LogP contribution is 2.19. The average molecular weight is 302 g/mol. The van der Waals surface area contributed by atoms with Crippen LogP contribution in [0.1, 0.15) is 32.8 Å². The minimum absolute atomic E-state index is 0.100. The summed E-state index contributed by atoms with van der Waals surface area (Å²) in [5.74, 6) is 0.391. The van der Waals surface area contributed by atoms with Crippen molar-refractivity contribution in [3.8, 4) is 0 Å². The van der Waals surface area contributed by atoms with Crippen LogP contribution in [0.15, 0.2) is 22.7 Å². The highest BCUT2D eigenvalue weighted by Gasteiger charge is 2.08. The van der Waals surface area contributed by atoms with Gasteiger partial charge in [-0.3, -0.25) is 0 Å². The van der Waals surface area contributed by atoms with E-state index in [2.05, 4.69) is 42.0 Å². The van der Waals surface area contributed by atoms with Gasteiger partial charge in [0.1, 0.15) is 5.82 Å². The summed E-state index contributed by atoms with van der Waals surface area (Å²) in [6.45, 7) is 7.44. The number of rotatable bonds is 6. The van der Waals surface area contributed by atoms with E-state index in [-0.39, 0.29) is 5.82 Å². The first-order valence-electron chi connectivity index (χ1n) is 6.16. The van der Waals surface area contributed by atoms with Crippen molar-refractivity contribution in [2.24, 2.45) is 5.92 Å². The van der Waals surface area contributed by atoms with E-state index in [0.29, 0.717) is 12.0 Å². The van der Waals surface area contributed by atoms with Crippen molar-refractivity contribution >= 4 is 15.9 Å². The molecule has 0 aliphatic rings. The highest BCUT2D eigenvalue weighted by molar-refractivity contribution is 9.10. The standard InChI is InChI=1S/C14H21BrFN/c1-10(2)17-7-6-11(3)8-12-9-13(15)4-5-14(12)16/h4-5,9-11,17H,6-8H2,1-3H3. The van der Waals surface area contributed by atoms with E-state index in [1.54, 1.807) is 6.07 Å². The lowest BCUT2D eigenvalue weighted by atomic mass is 9.97. The average Bonchev–Trinajstić information content (AvgIpc) is 2.23. The van der Waals surface area contributed by atoms with Crippen LogP contribution < -0.4 is 5.32 Å². The van der Waals surface area contributed by atoms with Crippen LogP contribution in [0, 0.1) is 11.7 Å². The topological polar surface area (TPSA) is 12.0 Å². The summed E-state index contributed by atoms with van der Waals surface area (Å²) >= 11 is 3.38. The van der Waals surface area contributed by atoms with Crippen LogP contribution in [-0.4, -0.2) is 12.6 Å². The SMILES string of the molecule is CC(CCNC(C)C)Cc1cc(Br)ccc1F. The molecule has 0 aliphatic carbocycles. The van der Waals surface area contributed by atoms with Gasteiger partial charge < -0.3 is 5.32 Å². The van der Waals surface area contributed by atoms with E-state index in [0.717, 1.165) is 29.4 Å². The van der Waals surface area contributed by atoms with Crippen LogP contribution in [-0.2, 0) is 6.42 Å². The van der Waals surface area contributed by atoms with Gasteiger partial charge in [-0.15, -0.1) is 0 Å². The molecule has 0 saturated carbocycles. The lowest BCUT2D eigenvalue weighted by Gasteiger charge is -2.14. The molecule has 1 unspecified atom stereocenters. The zero-order valence-electron chi connectivity index (χ0n) is 10.8. The van der Waals surface area contributed by atoms with Gasteiger partial charge in [0.15, 0.2) is 0 Å². The maximum Gasteiger partial charge on any atom is 0.126 e. The van der Waals surface area contributed by atoms with Crippen LogP contribution in [0.5, 0.6) is 0 Å². The molecule has 1 atom stereocenters. The summed E-state index contributed by atoms with van der Waals surface area (Å²) in [5, 5.41) is 3.39. The molecule has 0 aliphatic heterocycles. The fourth-order valence-corrected chi connectivity index (χ4v) is 2.20. The van der Waals surface area contributed by atoms with Crippen LogP contribution in [0.4, 0.5) is 4.39 Å². The Morgan fingerprint density at radius 3 is 2.65 bits per heavy atom. The smallest absolute Gasteiger partial charge is 0.126 e. The number of nitrogens with one attached hydrogen (secondary N) is 1. The van der Waals surface area contributed by atoms with Gasteiger partial charge in [-0.05, 0) is 49.1 Å². The first-order chi connectivity index (χ1) is 7.99. The number of halogens is 2. The largest absolute Gasteiger partial charge is 0.315 e. The van der Waals surface area contributed by atoms with Crippen molar-refractivity contribution in [2.75, 3.05) is 6.54 Å². The normalized spacial score (nSPS) is 13.1. The quantitative estimate of drug-likeness (QED) is 0.832. The van der Waals surface area contributed by atoms with Crippen molar-refractivity contribution in [3.63, 3.8) is 0 Å². The van der Waals surface area contributed by atoms with Gasteiger partial charge in [-0.2, -0.15) is 0 Å². The van der Waals surface area contributed by atoms with Crippen molar-refractivity contribution < 1.29 is 4.39 Å². The molecule has 0 bridgehead atoms. The van der Waals surface area contributed by atoms with Gasteiger partial charge in [-0.1, -0.05) is 36.7 Å². The minimum Gasteiger partial charge on any atom is -0.315 e. The zero-order valence-corrected chi connectivity index (χ0v) is 12.3. The molecular formula is C14H21BrFN. The van der Waals surface area contributed by atoms with Gasteiger partial charge >= 0.3 is 0 Å². The molecule has 1 rings (SSSR count). The molecule has 0 heterocycles. The first kappa shape index (κ1) is 14.7. The molecule has 1 nitrogen and oxygen atoms in total. The Hall–Kier alpha value is -0.410. The van der Waals surface area contributed by atoms with E-state index >= 15 is 0 Å². The molecule has 0 fully saturated rings. The third-order valence-corrected chi connectivity index (χ3v) is 3.26. The van der Waals surface area contributed by atoms with Crippen LogP contribution in [0.25, 0.3) is 0 Å². The lowest BCUT2D eigenvalue weighted by Crippen LogP contribution is -2.25. The highest BCUT2D eigenvalue weighted by atomic mass is 79.9. The number of hydrogen-bond acceptors (Lipinski definition) is 1. The molecule has 1 aromatic rings.